The number of hydrogen-bond acceptors (Lipinski definition) is 5. The molecule has 0 saturated carbocycles. The van der Waals surface area contributed by atoms with E-state index in [9.17, 15) is 18.0 Å². The SMILES string of the molecule is O=C(NCCC(=O)N1CCN(S(=O)(=O)c2cccc(Cl)c2Cl)CC1)c1ccsc1. The monoisotopic (exact) mass is 475 g/mol. The molecular formula is C18H19Cl2N3O4S2. The molecule has 0 unspecified atom stereocenters. The number of piperazine rings is 1. The number of nitrogens with zero attached hydrogens (tertiary/aromatic N) is 2. The number of hydrogen-bond donors (Lipinski definition) is 1. The largest absolute Gasteiger partial charge is 0.351 e. The van der Waals surface area contributed by atoms with E-state index in [4.69, 9.17) is 23.2 Å². The Hall–Kier alpha value is -1.65. The molecule has 7 nitrogen and oxygen atoms in total. The second-order valence-electron chi connectivity index (χ2n) is 6.35. The average Bonchev–Trinajstić information content (AvgIpc) is 3.25. The van der Waals surface area contributed by atoms with Crippen molar-refractivity contribution < 1.29 is 18.0 Å². The first kappa shape index (κ1) is 22.0. The lowest BCUT2D eigenvalue weighted by atomic mass is 10.3. The minimum absolute atomic E-state index is 0.00552. The molecule has 0 atom stereocenters. The maximum absolute atomic E-state index is 12.8. The zero-order valence-corrected chi connectivity index (χ0v) is 18.5. The molecule has 0 spiro atoms. The van der Waals surface area contributed by atoms with Gasteiger partial charge < -0.3 is 10.2 Å². The summed E-state index contributed by atoms with van der Waals surface area (Å²) in [6.07, 6.45) is 0.156. The number of rotatable bonds is 6. The Labute approximate surface area is 183 Å². The number of nitrogens with one attached hydrogen (secondary N) is 1. The van der Waals surface area contributed by atoms with Crippen molar-refractivity contribution in [3.05, 3.63) is 50.6 Å². The Morgan fingerprint density at radius 3 is 2.48 bits per heavy atom. The highest BCUT2D eigenvalue weighted by molar-refractivity contribution is 7.89. The molecule has 1 aromatic heterocycles. The van der Waals surface area contributed by atoms with Crippen LogP contribution in [0.1, 0.15) is 16.8 Å². The molecule has 0 bridgehead atoms. The van der Waals surface area contributed by atoms with E-state index in [0.717, 1.165) is 0 Å². The fraction of sp³-hybridized carbons (Fsp3) is 0.333. The van der Waals surface area contributed by atoms with Crippen LogP contribution in [0, 0.1) is 0 Å². The summed E-state index contributed by atoms with van der Waals surface area (Å²) in [5.41, 5.74) is 0.570. The summed E-state index contributed by atoms with van der Waals surface area (Å²) >= 11 is 13.4. The minimum Gasteiger partial charge on any atom is -0.351 e. The van der Waals surface area contributed by atoms with Crippen LogP contribution in [0.2, 0.25) is 10.0 Å². The van der Waals surface area contributed by atoms with E-state index >= 15 is 0 Å². The molecule has 1 saturated heterocycles. The van der Waals surface area contributed by atoms with Crippen LogP contribution in [0.25, 0.3) is 0 Å². The molecule has 3 rings (SSSR count). The van der Waals surface area contributed by atoms with Gasteiger partial charge in [-0.1, -0.05) is 29.3 Å². The van der Waals surface area contributed by atoms with Crippen molar-refractivity contribution >= 4 is 56.4 Å². The molecule has 1 aliphatic heterocycles. The molecule has 1 aliphatic rings. The fourth-order valence-corrected chi connectivity index (χ4v) is 5.73. The molecule has 1 N–H and O–H groups in total. The van der Waals surface area contributed by atoms with Gasteiger partial charge in [-0.05, 0) is 23.6 Å². The van der Waals surface area contributed by atoms with Crippen molar-refractivity contribution in [2.24, 2.45) is 0 Å². The van der Waals surface area contributed by atoms with Crippen molar-refractivity contribution in [2.45, 2.75) is 11.3 Å². The highest BCUT2D eigenvalue weighted by Gasteiger charge is 2.31. The standard InChI is InChI=1S/C18H19Cl2N3O4S2/c19-14-2-1-3-15(17(14)20)29(26,27)23-9-7-22(8-10-23)16(24)4-6-21-18(25)13-5-11-28-12-13/h1-3,5,11-12H,4,6-10H2,(H,21,25). The van der Waals surface area contributed by atoms with Gasteiger partial charge in [0.2, 0.25) is 15.9 Å². The first-order valence-corrected chi connectivity index (χ1v) is 12.0. The second-order valence-corrected chi connectivity index (χ2v) is 9.83. The number of halogens is 2. The number of benzene rings is 1. The molecule has 2 amide bonds. The van der Waals surface area contributed by atoms with E-state index in [2.05, 4.69) is 5.32 Å². The lowest BCUT2D eigenvalue weighted by Crippen LogP contribution is -2.50. The summed E-state index contributed by atoms with van der Waals surface area (Å²) in [5.74, 6) is -0.346. The van der Waals surface area contributed by atoms with Crippen LogP contribution >= 0.6 is 34.5 Å². The Morgan fingerprint density at radius 1 is 1.10 bits per heavy atom. The van der Waals surface area contributed by atoms with Gasteiger partial charge in [0.15, 0.2) is 0 Å². The zero-order chi connectivity index (χ0) is 21.0. The summed E-state index contributed by atoms with van der Waals surface area (Å²) in [6, 6.07) is 6.19. The number of sulfonamides is 1. The topological polar surface area (TPSA) is 86.8 Å². The van der Waals surface area contributed by atoms with Crippen molar-refractivity contribution in [3.8, 4) is 0 Å². The van der Waals surface area contributed by atoms with Gasteiger partial charge in [-0.2, -0.15) is 15.6 Å². The van der Waals surface area contributed by atoms with Crippen molar-refractivity contribution in [3.63, 3.8) is 0 Å². The van der Waals surface area contributed by atoms with Gasteiger partial charge in [0.25, 0.3) is 5.91 Å². The summed E-state index contributed by atoms with van der Waals surface area (Å²) in [5, 5.41) is 6.42. The van der Waals surface area contributed by atoms with Crippen molar-refractivity contribution in [1.82, 2.24) is 14.5 Å². The van der Waals surface area contributed by atoms with E-state index in [-0.39, 0.29) is 65.9 Å². The minimum atomic E-state index is -3.79. The van der Waals surface area contributed by atoms with Gasteiger partial charge in [-0.3, -0.25) is 9.59 Å². The van der Waals surface area contributed by atoms with E-state index in [1.165, 1.54) is 33.8 Å². The third-order valence-corrected chi connectivity index (χ3v) is 8.09. The quantitative estimate of drug-likeness (QED) is 0.695. The van der Waals surface area contributed by atoms with Crippen LogP contribution in [0.3, 0.4) is 0 Å². The van der Waals surface area contributed by atoms with Crippen LogP contribution in [-0.4, -0.2) is 62.2 Å². The van der Waals surface area contributed by atoms with Gasteiger partial charge in [0.1, 0.15) is 4.90 Å². The van der Waals surface area contributed by atoms with E-state index in [0.29, 0.717) is 5.56 Å². The number of carbonyl (C=O) groups excluding carboxylic acids is 2. The first-order chi connectivity index (χ1) is 13.8. The first-order valence-electron chi connectivity index (χ1n) is 8.83. The predicted octanol–water partition coefficient (Wildman–Crippen LogP) is 2.71. The number of thiophene rings is 1. The molecule has 156 valence electrons. The zero-order valence-electron chi connectivity index (χ0n) is 15.3. The average molecular weight is 476 g/mol. The summed E-state index contributed by atoms with van der Waals surface area (Å²) < 4.78 is 27.0. The maximum atomic E-state index is 12.8. The van der Waals surface area contributed by atoms with Crippen LogP contribution in [0.15, 0.2) is 39.9 Å². The van der Waals surface area contributed by atoms with E-state index in [1.807, 2.05) is 5.38 Å². The highest BCUT2D eigenvalue weighted by atomic mass is 35.5. The lowest BCUT2D eigenvalue weighted by Gasteiger charge is -2.34. The maximum Gasteiger partial charge on any atom is 0.252 e. The molecule has 0 radical (unpaired) electrons. The molecule has 1 fully saturated rings. The van der Waals surface area contributed by atoms with Crippen molar-refractivity contribution in [2.75, 3.05) is 32.7 Å². The Balaban J connectivity index is 1.51. The fourth-order valence-electron chi connectivity index (χ4n) is 2.94. The van der Waals surface area contributed by atoms with Crippen LogP contribution in [-0.2, 0) is 14.8 Å². The Kier molecular flexibility index (Phi) is 7.18. The van der Waals surface area contributed by atoms with Gasteiger partial charge in [0.05, 0.1) is 10.0 Å². The predicted molar refractivity (Wildman–Crippen MR) is 113 cm³/mol. The van der Waals surface area contributed by atoms with Crippen molar-refractivity contribution in [1.29, 1.82) is 0 Å². The van der Waals surface area contributed by atoms with Gasteiger partial charge in [0, 0.05) is 50.1 Å². The molecular weight excluding hydrogens is 457 g/mol. The van der Waals surface area contributed by atoms with Crippen LogP contribution < -0.4 is 5.32 Å². The third kappa shape index (κ3) is 5.10. The molecule has 0 aliphatic carbocycles. The van der Waals surface area contributed by atoms with Gasteiger partial charge >= 0.3 is 0 Å². The summed E-state index contributed by atoms with van der Waals surface area (Å²) in [6.45, 7) is 1.10. The second kappa shape index (κ2) is 9.44. The van der Waals surface area contributed by atoms with E-state index in [1.54, 1.807) is 16.3 Å². The van der Waals surface area contributed by atoms with Gasteiger partial charge in [-0.15, -0.1) is 0 Å². The smallest absolute Gasteiger partial charge is 0.252 e. The highest BCUT2D eigenvalue weighted by Crippen LogP contribution is 2.31. The van der Waals surface area contributed by atoms with Crippen LogP contribution in [0.5, 0.6) is 0 Å². The molecule has 1 aromatic carbocycles. The Bertz CT molecular complexity index is 989. The molecule has 11 heteroatoms. The van der Waals surface area contributed by atoms with Crippen LogP contribution in [0.4, 0.5) is 0 Å². The third-order valence-electron chi connectivity index (χ3n) is 4.53. The molecule has 2 aromatic rings. The number of carbonyl (C=O) groups is 2. The van der Waals surface area contributed by atoms with E-state index < -0.39 is 10.0 Å². The Morgan fingerprint density at radius 2 is 1.83 bits per heavy atom. The summed E-state index contributed by atoms with van der Waals surface area (Å²) in [4.78, 5) is 25.8. The molecule has 2 heterocycles. The molecule has 29 heavy (non-hydrogen) atoms. The summed E-state index contributed by atoms with van der Waals surface area (Å²) in [7, 11) is -3.79. The van der Waals surface area contributed by atoms with Gasteiger partial charge in [-0.25, -0.2) is 8.42 Å². The number of amides is 2. The lowest BCUT2D eigenvalue weighted by molar-refractivity contribution is -0.132. The normalized spacial score (nSPS) is 15.3.